The molecule has 0 aromatic carbocycles. The van der Waals surface area contributed by atoms with Crippen LogP contribution in [0.25, 0.3) is 0 Å². The van der Waals surface area contributed by atoms with E-state index < -0.39 is 6.04 Å². The molecule has 1 aliphatic heterocycles. The Labute approximate surface area is 93.4 Å². The highest BCUT2D eigenvalue weighted by Crippen LogP contribution is 2.17. The molecular formula is C11H14FN3O. The fourth-order valence-corrected chi connectivity index (χ4v) is 1.80. The number of nitrogens with one attached hydrogen (secondary N) is 1. The van der Waals surface area contributed by atoms with Gasteiger partial charge in [0.15, 0.2) is 0 Å². The minimum atomic E-state index is -0.609. The number of rotatable bonds is 3. The molecule has 1 unspecified atom stereocenters. The first-order valence-electron chi connectivity index (χ1n) is 5.36. The van der Waals surface area contributed by atoms with Gasteiger partial charge in [0.25, 0.3) is 0 Å². The van der Waals surface area contributed by atoms with Crippen LogP contribution in [0.15, 0.2) is 24.5 Å². The predicted molar refractivity (Wildman–Crippen MR) is 56.9 cm³/mol. The van der Waals surface area contributed by atoms with E-state index in [1.165, 1.54) is 0 Å². The van der Waals surface area contributed by atoms with Crippen molar-refractivity contribution in [2.45, 2.75) is 25.4 Å². The first-order valence-corrected chi connectivity index (χ1v) is 5.36. The summed E-state index contributed by atoms with van der Waals surface area (Å²) in [6.45, 7) is 0.777. The van der Waals surface area contributed by atoms with Crippen LogP contribution in [-0.2, 0) is 11.3 Å². The zero-order valence-corrected chi connectivity index (χ0v) is 8.90. The van der Waals surface area contributed by atoms with Gasteiger partial charge in [-0.2, -0.15) is 0 Å². The minimum absolute atomic E-state index is 0.239. The van der Waals surface area contributed by atoms with E-state index in [1.807, 2.05) is 12.1 Å². The average Bonchev–Trinajstić information content (AvgIpc) is 2.74. The van der Waals surface area contributed by atoms with E-state index in [0.717, 1.165) is 12.0 Å². The van der Waals surface area contributed by atoms with Gasteiger partial charge in [0.2, 0.25) is 5.91 Å². The van der Waals surface area contributed by atoms with Gasteiger partial charge in [-0.15, -0.1) is 9.60 Å². The number of aromatic nitrogens is 1. The number of nitrogens with zero attached hydrogens (tertiary/aromatic N) is 2. The van der Waals surface area contributed by atoms with Gasteiger partial charge in [0, 0.05) is 25.5 Å². The van der Waals surface area contributed by atoms with E-state index in [1.54, 1.807) is 12.4 Å². The third-order valence-corrected chi connectivity index (χ3v) is 2.71. The number of halogens is 1. The number of carbonyl (C=O) groups is 1. The molecule has 1 aromatic rings. The van der Waals surface area contributed by atoms with Crippen molar-refractivity contribution in [1.29, 1.82) is 0 Å². The van der Waals surface area contributed by atoms with E-state index in [-0.39, 0.29) is 5.91 Å². The largest absolute Gasteiger partial charge is 0.351 e. The van der Waals surface area contributed by atoms with Gasteiger partial charge in [-0.3, -0.25) is 9.78 Å². The number of amides is 1. The van der Waals surface area contributed by atoms with Crippen LogP contribution in [0.4, 0.5) is 4.48 Å². The summed E-state index contributed by atoms with van der Waals surface area (Å²) in [4.78, 5) is 15.5. The summed E-state index contributed by atoms with van der Waals surface area (Å²) in [5.74, 6) is -0.239. The lowest BCUT2D eigenvalue weighted by atomic mass is 10.2. The summed E-state index contributed by atoms with van der Waals surface area (Å²) in [5, 5.41) is 3.34. The summed E-state index contributed by atoms with van der Waals surface area (Å²) < 4.78 is 13.1. The Morgan fingerprint density at radius 2 is 2.31 bits per heavy atom. The zero-order valence-electron chi connectivity index (χ0n) is 8.90. The molecule has 0 bridgehead atoms. The zero-order chi connectivity index (χ0) is 11.4. The molecule has 5 heteroatoms. The van der Waals surface area contributed by atoms with Crippen molar-refractivity contribution in [3.05, 3.63) is 30.1 Å². The van der Waals surface area contributed by atoms with Crippen LogP contribution in [0.5, 0.6) is 0 Å². The molecule has 1 amide bonds. The van der Waals surface area contributed by atoms with Gasteiger partial charge >= 0.3 is 0 Å². The second-order valence-electron chi connectivity index (χ2n) is 3.85. The Kier molecular flexibility index (Phi) is 3.46. The molecule has 1 fully saturated rings. The number of pyridine rings is 1. The Morgan fingerprint density at radius 3 is 2.94 bits per heavy atom. The van der Waals surface area contributed by atoms with Crippen molar-refractivity contribution in [1.82, 2.24) is 15.4 Å². The Balaban J connectivity index is 1.84. The van der Waals surface area contributed by atoms with E-state index in [4.69, 9.17) is 0 Å². The fourth-order valence-electron chi connectivity index (χ4n) is 1.80. The summed E-state index contributed by atoms with van der Waals surface area (Å²) in [5.41, 5.74) is 0.965. The summed E-state index contributed by atoms with van der Waals surface area (Å²) in [6.07, 6.45) is 4.67. The SMILES string of the molecule is O=C(NCc1ccncc1)C1CCCN1F. The van der Waals surface area contributed by atoms with E-state index in [0.29, 0.717) is 24.6 Å². The third kappa shape index (κ3) is 2.55. The maximum atomic E-state index is 13.1. The predicted octanol–water partition coefficient (Wildman–Crippen LogP) is 1.05. The van der Waals surface area contributed by atoms with Crippen LogP contribution in [0.1, 0.15) is 18.4 Å². The van der Waals surface area contributed by atoms with Gasteiger partial charge in [-0.05, 0) is 30.5 Å². The molecule has 1 aromatic heterocycles. The molecule has 86 valence electrons. The Morgan fingerprint density at radius 1 is 1.56 bits per heavy atom. The van der Waals surface area contributed by atoms with Crippen LogP contribution in [0.3, 0.4) is 0 Å². The molecular weight excluding hydrogens is 209 g/mol. The van der Waals surface area contributed by atoms with Crippen molar-refractivity contribution < 1.29 is 9.28 Å². The molecule has 1 N–H and O–H groups in total. The molecule has 0 radical (unpaired) electrons. The maximum Gasteiger partial charge on any atom is 0.240 e. The summed E-state index contributed by atoms with van der Waals surface area (Å²) in [7, 11) is 0. The van der Waals surface area contributed by atoms with Crippen molar-refractivity contribution in [2.24, 2.45) is 0 Å². The third-order valence-electron chi connectivity index (χ3n) is 2.71. The van der Waals surface area contributed by atoms with Crippen molar-refractivity contribution in [3.8, 4) is 0 Å². The normalized spacial score (nSPS) is 20.9. The van der Waals surface area contributed by atoms with Gasteiger partial charge in [-0.25, -0.2) is 0 Å². The molecule has 16 heavy (non-hydrogen) atoms. The van der Waals surface area contributed by atoms with Gasteiger partial charge in [0.1, 0.15) is 6.04 Å². The van der Waals surface area contributed by atoms with E-state index in [2.05, 4.69) is 10.3 Å². The monoisotopic (exact) mass is 223 g/mol. The van der Waals surface area contributed by atoms with Gasteiger partial charge in [0.05, 0.1) is 0 Å². The quantitative estimate of drug-likeness (QED) is 0.779. The van der Waals surface area contributed by atoms with Gasteiger partial charge in [-0.1, -0.05) is 0 Å². The summed E-state index contributed by atoms with van der Waals surface area (Å²) >= 11 is 0. The lowest BCUT2D eigenvalue weighted by Crippen LogP contribution is -2.39. The van der Waals surface area contributed by atoms with E-state index in [9.17, 15) is 9.28 Å². The van der Waals surface area contributed by atoms with Crippen LogP contribution in [-0.4, -0.2) is 28.6 Å². The lowest BCUT2D eigenvalue weighted by Gasteiger charge is -2.14. The molecule has 1 saturated heterocycles. The molecule has 0 saturated carbocycles. The van der Waals surface area contributed by atoms with Crippen molar-refractivity contribution in [2.75, 3.05) is 6.54 Å². The Hall–Kier alpha value is -1.49. The van der Waals surface area contributed by atoms with Crippen molar-refractivity contribution >= 4 is 5.91 Å². The first kappa shape index (κ1) is 11.0. The number of carbonyl (C=O) groups excluding carboxylic acids is 1. The molecule has 2 rings (SSSR count). The molecule has 0 spiro atoms. The van der Waals surface area contributed by atoms with Crippen molar-refractivity contribution in [3.63, 3.8) is 0 Å². The van der Waals surface area contributed by atoms with E-state index >= 15 is 0 Å². The highest BCUT2D eigenvalue weighted by Gasteiger charge is 2.30. The standard InChI is InChI=1S/C11H14FN3O/c12-15-7-1-2-10(15)11(16)14-8-9-3-5-13-6-4-9/h3-6,10H,1-2,7-8H2,(H,14,16). The molecule has 0 aliphatic carbocycles. The molecule has 1 atom stereocenters. The molecule has 1 aliphatic rings. The highest BCUT2D eigenvalue weighted by molar-refractivity contribution is 5.81. The second kappa shape index (κ2) is 5.03. The van der Waals surface area contributed by atoms with Crippen LogP contribution in [0.2, 0.25) is 0 Å². The van der Waals surface area contributed by atoms with Crippen LogP contribution in [0, 0.1) is 0 Å². The maximum absolute atomic E-state index is 13.1. The fraction of sp³-hybridized carbons (Fsp3) is 0.455. The Bertz CT molecular complexity index is 358. The van der Waals surface area contributed by atoms with Gasteiger partial charge < -0.3 is 5.32 Å². The highest BCUT2D eigenvalue weighted by atomic mass is 19.2. The second-order valence-corrected chi connectivity index (χ2v) is 3.85. The molecule has 2 heterocycles. The van der Waals surface area contributed by atoms with Crippen LogP contribution >= 0.6 is 0 Å². The summed E-state index contributed by atoms with van der Waals surface area (Å²) in [6, 6.07) is 3.03. The lowest BCUT2D eigenvalue weighted by molar-refractivity contribution is -0.131. The topological polar surface area (TPSA) is 45.2 Å². The first-order chi connectivity index (χ1) is 7.77. The smallest absolute Gasteiger partial charge is 0.240 e. The average molecular weight is 223 g/mol. The number of hydrogen-bond donors (Lipinski definition) is 1. The molecule has 4 nitrogen and oxygen atoms in total. The van der Waals surface area contributed by atoms with Crippen LogP contribution < -0.4 is 5.32 Å². The number of hydrogen-bond acceptors (Lipinski definition) is 3. The minimum Gasteiger partial charge on any atom is -0.351 e.